The molecule has 4 rings (SSSR count). The van der Waals surface area contributed by atoms with E-state index in [9.17, 15) is 4.39 Å². The summed E-state index contributed by atoms with van der Waals surface area (Å²) < 4.78 is 13.1. The zero-order valence-corrected chi connectivity index (χ0v) is 14.0. The highest BCUT2D eigenvalue weighted by atomic mass is 19.1. The second kappa shape index (κ2) is 6.69. The van der Waals surface area contributed by atoms with Gasteiger partial charge in [0.25, 0.3) is 0 Å². The maximum atomic E-state index is 13.1. The Morgan fingerprint density at radius 1 is 1.20 bits per heavy atom. The van der Waals surface area contributed by atoms with E-state index in [1.54, 1.807) is 12.1 Å². The first-order valence-corrected chi connectivity index (χ1v) is 8.58. The molecule has 0 aliphatic carbocycles. The SMILES string of the molecule is Nc1cccc(CN2CCCC2c2ncc(-c3ccc(F)cc3)[nH]2)c1. The van der Waals surface area contributed by atoms with Crippen LogP contribution < -0.4 is 5.73 Å². The molecular formula is C20H21FN4. The average Bonchev–Trinajstić information content (AvgIpc) is 3.25. The second-order valence-corrected chi connectivity index (χ2v) is 6.56. The molecule has 128 valence electrons. The zero-order chi connectivity index (χ0) is 17.2. The third-order valence-corrected chi connectivity index (χ3v) is 4.77. The molecule has 3 N–H and O–H groups in total. The fourth-order valence-electron chi connectivity index (χ4n) is 3.53. The largest absolute Gasteiger partial charge is 0.399 e. The summed E-state index contributed by atoms with van der Waals surface area (Å²) in [5.74, 6) is 0.744. The van der Waals surface area contributed by atoms with Gasteiger partial charge >= 0.3 is 0 Å². The van der Waals surface area contributed by atoms with Crippen LogP contribution in [-0.4, -0.2) is 21.4 Å². The number of aromatic amines is 1. The maximum absolute atomic E-state index is 13.1. The van der Waals surface area contributed by atoms with Crippen LogP contribution in [0.1, 0.15) is 30.3 Å². The number of rotatable bonds is 4. The molecule has 1 aliphatic heterocycles. The van der Waals surface area contributed by atoms with E-state index in [0.717, 1.165) is 48.7 Å². The summed E-state index contributed by atoms with van der Waals surface area (Å²) in [6, 6.07) is 14.8. The number of nitrogens with two attached hydrogens (primary N) is 1. The van der Waals surface area contributed by atoms with Crippen LogP contribution in [0.2, 0.25) is 0 Å². The van der Waals surface area contributed by atoms with Crippen LogP contribution >= 0.6 is 0 Å². The smallest absolute Gasteiger partial charge is 0.123 e. The van der Waals surface area contributed by atoms with Gasteiger partial charge in [-0.2, -0.15) is 0 Å². The minimum absolute atomic E-state index is 0.229. The van der Waals surface area contributed by atoms with Crippen molar-refractivity contribution in [3.05, 3.63) is 71.9 Å². The molecule has 25 heavy (non-hydrogen) atoms. The number of benzene rings is 2. The molecule has 1 saturated heterocycles. The molecule has 1 aliphatic rings. The van der Waals surface area contributed by atoms with Gasteiger partial charge in [-0.15, -0.1) is 0 Å². The van der Waals surface area contributed by atoms with Gasteiger partial charge in [0.2, 0.25) is 0 Å². The molecule has 0 spiro atoms. The summed E-state index contributed by atoms with van der Waals surface area (Å²) in [5, 5.41) is 0. The fourth-order valence-corrected chi connectivity index (χ4v) is 3.53. The number of anilines is 1. The number of hydrogen-bond donors (Lipinski definition) is 2. The minimum Gasteiger partial charge on any atom is -0.399 e. The monoisotopic (exact) mass is 336 g/mol. The first-order chi connectivity index (χ1) is 12.2. The van der Waals surface area contributed by atoms with E-state index < -0.39 is 0 Å². The average molecular weight is 336 g/mol. The third-order valence-electron chi connectivity index (χ3n) is 4.77. The number of H-pyrrole nitrogens is 1. The summed E-state index contributed by atoms with van der Waals surface area (Å²) in [5.41, 5.74) is 9.78. The van der Waals surface area contributed by atoms with Crippen LogP contribution in [0, 0.1) is 5.82 Å². The second-order valence-electron chi connectivity index (χ2n) is 6.56. The first kappa shape index (κ1) is 15.8. The number of aromatic nitrogens is 2. The van der Waals surface area contributed by atoms with Crippen LogP contribution in [0.3, 0.4) is 0 Å². The maximum Gasteiger partial charge on any atom is 0.123 e. The van der Waals surface area contributed by atoms with Gasteiger partial charge in [-0.1, -0.05) is 12.1 Å². The van der Waals surface area contributed by atoms with Crippen LogP contribution in [-0.2, 0) is 6.54 Å². The van der Waals surface area contributed by atoms with E-state index in [0.29, 0.717) is 0 Å². The van der Waals surface area contributed by atoms with Gasteiger partial charge in [-0.05, 0) is 66.9 Å². The van der Waals surface area contributed by atoms with E-state index in [-0.39, 0.29) is 11.9 Å². The predicted molar refractivity (Wildman–Crippen MR) is 97.2 cm³/mol. The Kier molecular flexibility index (Phi) is 4.24. The quantitative estimate of drug-likeness (QED) is 0.704. The topological polar surface area (TPSA) is 57.9 Å². The molecule has 2 aromatic carbocycles. The Morgan fingerprint density at radius 3 is 2.84 bits per heavy atom. The number of halogens is 1. The van der Waals surface area contributed by atoms with Crippen LogP contribution in [0.5, 0.6) is 0 Å². The number of imidazole rings is 1. The van der Waals surface area contributed by atoms with Gasteiger partial charge in [0.15, 0.2) is 0 Å². The van der Waals surface area contributed by atoms with Gasteiger partial charge in [-0.25, -0.2) is 9.37 Å². The van der Waals surface area contributed by atoms with Crippen molar-refractivity contribution in [2.75, 3.05) is 12.3 Å². The summed E-state index contributed by atoms with van der Waals surface area (Å²) in [4.78, 5) is 10.4. The summed E-state index contributed by atoms with van der Waals surface area (Å²) in [6.07, 6.45) is 4.07. The summed E-state index contributed by atoms with van der Waals surface area (Å²) >= 11 is 0. The van der Waals surface area contributed by atoms with E-state index >= 15 is 0 Å². The van der Waals surface area contributed by atoms with Crippen LogP contribution in [0.25, 0.3) is 11.3 Å². The highest BCUT2D eigenvalue weighted by Gasteiger charge is 2.28. The molecule has 1 atom stereocenters. The molecule has 0 amide bonds. The Morgan fingerprint density at radius 2 is 2.04 bits per heavy atom. The van der Waals surface area contributed by atoms with Crippen molar-refractivity contribution in [1.29, 1.82) is 0 Å². The molecule has 4 nitrogen and oxygen atoms in total. The fraction of sp³-hybridized carbons (Fsp3) is 0.250. The van der Waals surface area contributed by atoms with Crippen LogP contribution in [0.15, 0.2) is 54.7 Å². The standard InChI is InChI=1S/C20H21FN4/c21-16-8-6-15(7-9-16)18-12-23-20(24-18)19-5-2-10-25(19)13-14-3-1-4-17(22)11-14/h1,3-4,6-9,11-12,19H,2,5,10,13,22H2,(H,23,24). The van der Waals surface area contributed by atoms with Crippen molar-refractivity contribution in [3.8, 4) is 11.3 Å². The van der Waals surface area contributed by atoms with Crippen molar-refractivity contribution >= 4 is 5.69 Å². The molecule has 0 bridgehead atoms. The molecule has 2 heterocycles. The van der Waals surface area contributed by atoms with Gasteiger partial charge in [-0.3, -0.25) is 4.90 Å². The lowest BCUT2D eigenvalue weighted by atomic mass is 10.1. The van der Waals surface area contributed by atoms with Gasteiger partial charge < -0.3 is 10.7 Å². The number of hydrogen-bond acceptors (Lipinski definition) is 3. The molecule has 0 saturated carbocycles. The Bertz CT molecular complexity index is 856. The Hall–Kier alpha value is -2.66. The normalized spacial score (nSPS) is 17.9. The molecule has 3 aromatic rings. The molecule has 1 fully saturated rings. The number of likely N-dealkylation sites (tertiary alicyclic amines) is 1. The number of nitrogens with one attached hydrogen (secondary N) is 1. The van der Waals surface area contributed by atoms with Crippen molar-refractivity contribution < 1.29 is 4.39 Å². The van der Waals surface area contributed by atoms with Gasteiger partial charge in [0.1, 0.15) is 11.6 Å². The molecule has 1 unspecified atom stereocenters. The van der Waals surface area contributed by atoms with E-state index in [4.69, 9.17) is 5.73 Å². The van der Waals surface area contributed by atoms with E-state index in [2.05, 4.69) is 20.9 Å². The van der Waals surface area contributed by atoms with Crippen molar-refractivity contribution in [2.24, 2.45) is 0 Å². The lowest BCUT2D eigenvalue weighted by molar-refractivity contribution is 0.241. The number of nitrogens with zero attached hydrogens (tertiary/aromatic N) is 2. The molecule has 0 radical (unpaired) electrons. The van der Waals surface area contributed by atoms with Gasteiger partial charge in [0.05, 0.1) is 17.9 Å². The lowest BCUT2D eigenvalue weighted by Crippen LogP contribution is -2.23. The van der Waals surface area contributed by atoms with E-state index in [1.807, 2.05) is 24.4 Å². The van der Waals surface area contributed by atoms with Crippen molar-refractivity contribution in [3.63, 3.8) is 0 Å². The first-order valence-electron chi connectivity index (χ1n) is 8.58. The zero-order valence-electron chi connectivity index (χ0n) is 14.0. The summed E-state index contributed by atoms with van der Waals surface area (Å²) in [6.45, 7) is 1.91. The van der Waals surface area contributed by atoms with Gasteiger partial charge in [0, 0.05) is 12.2 Å². The minimum atomic E-state index is -0.229. The molecule has 5 heteroatoms. The molecular weight excluding hydrogens is 315 g/mol. The van der Waals surface area contributed by atoms with Crippen LogP contribution in [0.4, 0.5) is 10.1 Å². The highest BCUT2D eigenvalue weighted by molar-refractivity contribution is 5.58. The van der Waals surface area contributed by atoms with Crippen molar-refractivity contribution in [1.82, 2.24) is 14.9 Å². The lowest BCUT2D eigenvalue weighted by Gasteiger charge is -2.23. The third kappa shape index (κ3) is 3.42. The molecule has 1 aromatic heterocycles. The Balaban J connectivity index is 1.53. The number of nitrogen functional groups attached to an aromatic ring is 1. The Labute approximate surface area is 146 Å². The predicted octanol–water partition coefficient (Wildman–Crippen LogP) is 4.14. The van der Waals surface area contributed by atoms with Crippen molar-refractivity contribution in [2.45, 2.75) is 25.4 Å². The summed E-state index contributed by atoms with van der Waals surface area (Å²) in [7, 11) is 0. The highest BCUT2D eigenvalue weighted by Crippen LogP contribution is 2.32. The van der Waals surface area contributed by atoms with E-state index in [1.165, 1.54) is 17.7 Å².